The fraction of sp³-hybridized carbons (Fsp3) is 0.200. The van der Waals surface area contributed by atoms with Gasteiger partial charge in [0.1, 0.15) is 17.3 Å². The SMILES string of the molecule is COc1ccc(OCCCn2c(CNC(=O)c3cccc(Br)c3)nc3ccccc32)cc1. The molecule has 3 aromatic carbocycles. The van der Waals surface area contributed by atoms with Gasteiger partial charge < -0.3 is 19.4 Å². The Morgan fingerprint density at radius 3 is 2.59 bits per heavy atom. The van der Waals surface area contributed by atoms with Crippen LogP contribution in [0.5, 0.6) is 11.5 Å². The molecule has 0 atom stereocenters. The number of para-hydroxylation sites is 2. The van der Waals surface area contributed by atoms with Crippen molar-refractivity contribution in [1.29, 1.82) is 0 Å². The highest BCUT2D eigenvalue weighted by molar-refractivity contribution is 9.10. The van der Waals surface area contributed by atoms with Gasteiger partial charge in [-0.3, -0.25) is 4.79 Å². The average molecular weight is 494 g/mol. The molecule has 0 spiro atoms. The van der Waals surface area contributed by atoms with Gasteiger partial charge in [-0.05, 0) is 61.0 Å². The smallest absolute Gasteiger partial charge is 0.251 e. The minimum Gasteiger partial charge on any atom is -0.497 e. The number of carbonyl (C=O) groups excluding carboxylic acids is 1. The van der Waals surface area contributed by atoms with Gasteiger partial charge in [0, 0.05) is 16.6 Å². The van der Waals surface area contributed by atoms with Gasteiger partial charge in [0.05, 0.1) is 31.3 Å². The molecule has 1 amide bonds. The quantitative estimate of drug-likeness (QED) is 0.325. The van der Waals surface area contributed by atoms with E-state index in [2.05, 4.69) is 25.8 Å². The van der Waals surface area contributed by atoms with Crippen LogP contribution in [0, 0.1) is 0 Å². The van der Waals surface area contributed by atoms with E-state index in [-0.39, 0.29) is 5.91 Å². The molecule has 4 aromatic rings. The molecule has 1 heterocycles. The zero-order valence-corrected chi connectivity index (χ0v) is 19.3. The van der Waals surface area contributed by atoms with Crippen LogP contribution < -0.4 is 14.8 Å². The van der Waals surface area contributed by atoms with Gasteiger partial charge in [0.15, 0.2) is 0 Å². The van der Waals surface area contributed by atoms with Crippen molar-refractivity contribution in [1.82, 2.24) is 14.9 Å². The molecular weight excluding hydrogens is 470 g/mol. The number of aromatic nitrogens is 2. The monoisotopic (exact) mass is 493 g/mol. The first kappa shape index (κ1) is 21.9. The predicted octanol–water partition coefficient (Wildman–Crippen LogP) is 5.21. The standard InChI is InChI=1S/C25H24BrN3O3/c1-31-20-10-12-21(13-11-20)32-15-5-14-29-23-9-3-2-8-22(23)28-24(29)17-27-25(30)18-6-4-7-19(26)16-18/h2-4,6-13,16H,5,14-15,17H2,1H3,(H,27,30). The van der Waals surface area contributed by atoms with Crippen LogP contribution in [-0.4, -0.2) is 29.2 Å². The number of nitrogens with one attached hydrogen (secondary N) is 1. The Morgan fingerprint density at radius 1 is 1.03 bits per heavy atom. The third-order valence-corrected chi connectivity index (χ3v) is 5.57. The number of imidazole rings is 1. The number of aryl methyl sites for hydroxylation is 1. The molecule has 32 heavy (non-hydrogen) atoms. The van der Waals surface area contributed by atoms with Crippen molar-refractivity contribution in [2.24, 2.45) is 0 Å². The second-order valence-electron chi connectivity index (χ2n) is 7.24. The molecule has 0 saturated heterocycles. The summed E-state index contributed by atoms with van der Waals surface area (Å²) in [5.41, 5.74) is 2.56. The molecule has 0 aliphatic heterocycles. The normalized spacial score (nSPS) is 10.8. The van der Waals surface area contributed by atoms with Gasteiger partial charge in [-0.15, -0.1) is 0 Å². The van der Waals surface area contributed by atoms with Crippen LogP contribution in [0.4, 0.5) is 0 Å². The molecule has 0 unspecified atom stereocenters. The molecule has 7 heteroatoms. The molecule has 0 radical (unpaired) electrons. The molecule has 0 aliphatic rings. The molecule has 6 nitrogen and oxygen atoms in total. The number of hydrogen-bond donors (Lipinski definition) is 1. The Hall–Kier alpha value is -3.32. The van der Waals surface area contributed by atoms with Crippen molar-refractivity contribution >= 4 is 32.9 Å². The topological polar surface area (TPSA) is 65.4 Å². The lowest BCUT2D eigenvalue weighted by molar-refractivity contribution is 0.0949. The number of ether oxygens (including phenoxy) is 2. The lowest BCUT2D eigenvalue weighted by atomic mass is 10.2. The van der Waals surface area contributed by atoms with Crippen molar-refractivity contribution in [3.8, 4) is 11.5 Å². The molecule has 0 bridgehead atoms. The number of nitrogens with zero attached hydrogens (tertiary/aromatic N) is 2. The summed E-state index contributed by atoms with van der Waals surface area (Å²) in [4.78, 5) is 17.3. The number of methoxy groups -OCH3 is 1. The van der Waals surface area contributed by atoms with Gasteiger partial charge in [-0.1, -0.05) is 34.1 Å². The summed E-state index contributed by atoms with van der Waals surface area (Å²) < 4.78 is 14.0. The second kappa shape index (κ2) is 10.3. The Balaban J connectivity index is 1.41. The molecule has 0 aliphatic carbocycles. The maximum Gasteiger partial charge on any atom is 0.251 e. The van der Waals surface area contributed by atoms with E-state index in [1.807, 2.05) is 60.7 Å². The third kappa shape index (κ3) is 5.29. The summed E-state index contributed by atoms with van der Waals surface area (Å²) in [6.45, 7) is 1.65. The fourth-order valence-electron chi connectivity index (χ4n) is 3.49. The lowest BCUT2D eigenvalue weighted by Gasteiger charge is -2.11. The number of benzene rings is 3. The lowest BCUT2D eigenvalue weighted by Crippen LogP contribution is -2.25. The minimum atomic E-state index is -0.132. The fourth-order valence-corrected chi connectivity index (χ4v) is 3.88. The largest absolute Gasteiger partial charge is 0.497 e. The second-order valence-corrected chi connectivity index (χ2v) is 8.15. The van der Waals surface area contributed by atoms with Crippen molar-refractivity contribution in [2.45, 2.75) is 19.5 Å². The van der Waals surface area contributed by atoms with Crippen molar-refractivity contribution < 1.29 is 14.3 Å². The Kier molecular flexibility index (Phi) is 7.07. The van der Waals surface area contributed by atoms with Crippen LogP contribution in [0.2, 0.25) is 0 Å². The zero-order chi connectivity index (χ0) is 22.3. The van der Waals surface area contributed by atoms with E-state index in [0.717, 1.165) is 45.8 Å². The summed E-state index contributed by atoms with van der Waals surface area (Å²) >= 11 is 3.41. The van der Waals surface area contributed by atoms with Crippen molar-refractivity contribution in [3.05, 3.63) is 88.7 Å². The highest BCUT2D eigenvalue weighted by Gasteiger charge is 2.12. The Morgan fingerprint density at radius 2 is 1.81 bits per heavy atom. The van der Waals surface area contributed by atoms with Gasteiger partial charge in [0.2, 0.25) is 0 Å². The summed E-state index contributed by atoms with van der Waals surface area (Å²) in [6.07, 6.45) is 0.805. The summed E-state index contributed by atoms with van der Waals surface area (Å²) in [6, 6.07) is 22.9. The first-order chi connectivity index (χ1) is 15.6. The Labute approximate surface area is 195 Å². The van der Waals surface area contributed by atoms with E-state index >= 15 is 0 Å². The molecular formula is C25H24BrN3O3. The first-order valence-corrected chi connectivity index (χ1v) is 11.2. The van der Waals surface area contributed by atoms with E-state index < -0.39 is 0 Å². The minimum absolute atomic E-state index is 0.132. The van der Waals surface area contributed by atoms with Crippen LogP contribution in [0.15, 0.2) is 77.3 Å². The molecule has 4 rings (SSSR count). The maximum absolute atomic E-state index is 12.6. The van der Waals surface area contributed by atoms with Crippen LogP contribution in [0.25, 0.3) is 11.0 Å². The predicted molar refractivity (Wildman–Crippen MR) is 128 cm³/mol. The summed E-state index contributed by atoms with van der Waals surface area (Å²) in [7, 11) is 1.64. The highest BCUT2D eigenvalue weighted by Crippen LogP contribution is 2.19. The van der Waals surface area contributed by atoms with Crippen LogP contribution in [-0.2, 0) is 13.1 Å². The molecule has 0 saturated carbocycles. The third-order valence-electron chi connectivity index (χ3n) is 5.08. The van der Waals surface area contributed by atoms with E-state index in [1.165, 1.54) is 0 Å². The number of carbonyl (C=O) groups is 1. The van der Waals surface area contributed by atoms with Crippen LogP contribution in [0.3, 0.4) is 0 Å². The van der Waals surface area contributed by atoms with Gasteiger partial charge in [0.25, 0.3) is 5.91 Å². The number of halogens is 1. The summed E-state index contributed by atoms with van der Waals surface area (Å²) in [5.74, 6) is 2.30. The van der Waals surface area contributed by atoms with Crippen LogP contribution >= 0.6 is 15.9 Å². The van der Waals surface area contributed by atoms with Crippen molar-refractivity contribution in [3.63, 3.8) is 0 Å². The number of amides is 1. The van der Waals surface area contributed by atoms with Crippen molar-refractivity contribution in [2.75, 3.05) is 13.7 Å². The molecule has 164 valence electrons. The van der Waals surface area contributed by atoms with Crippen LogP contribution in [0.1, 0.15) is 22.6 Å². The van der Waals surface area contributed by atoms with Gasteiger partial charge >= 0.3 is 0 Å². The number of fused-ring (bicyclic) bond motifs is 1. The van der Waals surface area contributed by atoms with E-state index in [9.17, 15) is 4.79 Å². The van der Waals surface area contributed by atoms with Gasteiger partial charge in [-0.25, -0.2) is 4.98 Å². The average Bonchev–Trinajstić information content (AvgIpc) is 3.18. The number of hydrogen-bond acceptors (Lipinski definition) is 4. The highest BCUT2D eigenvalue weighted by atomic mass is 79.9. The summed E-state index contributed by atoms with van der Waals surface area (Å²) in [5, 5.41) is 2.98. The maximum atomic E-state index is 12.6. The zero-order valence-electron chi connectivity index (χ0n) is 17.8. The Bertz CT molecular complexity index is 1200. The molecule has 0 fully saturated rings. The molecule has 1 N–H and O–H groups in total. The van der Waals surface area contributed by atoms with E-state index in [1.54, 1.807) is 19.2 Å². The van der Waals surface area contributed by atoms with E-state index in [4.69, 9.17) is 14.5 Å². The molecule has 1 aromatic heterocycles. The number of rotatable bonds is 9. The van der Waals surface area contributed by atoms with E-state index in [0.29, 0.717) is 18.7 Å². The van der Waals surface area contributed by atoms with Gasteiger partial charge in [-0.2, -0.15) is 0 Å². The first-order valence-electron chi connectivity index (χ1n) is 10.4.